The van der Waals surface area contributed by atoms with Gasteiger partial charge in [0.15, 0.2) is 0 Å². The lowest BCUT2D eigenvalue weighted by Gasteiger charge is -2.17. The first kappa shape index (κ1) is 15.5. The van der Waals surface area contributed by atoms with Crippen LogP contribution in [0.3, 0.4) is 0 Å². The zero-order valence-electron chi connectivity index (χ0n) is 10.7. The molecule has 0 aromatic heterocycles. The summed E-state index contributed by atoms with van der Waals surface area (Å²) < 4.78 is 0. The van der Waals surface area contributed by atoms with Gasteiger partial charge in [0.2, 0.25) is 5.91 Å². The highest BCUT2D eigenvalue weighted by Crippen LogP contribution is 2.14. The minimum atomic E-state index is -0.944. The third-order valence-electron chi connectivity index (χ3n) is 2.61. The van der Waals surface area contributed by atoms with Crippen molar-refractivity contribution < 1.29 is 14.7 Å². The number of amides is 1. The molecule has 0 atom stereocenters. The summed E-state index contributed by atoms with van der Waals surface area (Å²) in [4.78, 5) is 23.8. The number of hydrogen-bond donors (Lipinski definition) is 2. The third-order valence-corrected chi connectivity index (χ3v) is 2.98. The van der Waals surface area contributed by atoms with E-state index in [0.717, 1.165) is 5.56 Å². The number of likely N-dealkylation sites (N-methyl/N-ethyl adjacent to an activating group) is 1. The Morgan fingerprint density at radius 1 is 1.32 bits per heavy atom. The van der Waals surface area contributed by atoms with Crippen LogP contribution < -0.4 is 5.32 Å². The second-order valence-electron chi connectivity index (χ2n) is 4.07. The summed E-state index contributed by atoms with van der Waals surface area (Å²) in [7, 11) is 0. The summed E-state index contributed by atoms with van der Waals surface area (Å²) in [5.41, 5.74) is 0.832. The van der Waals surface area contributed by atoms with Crippen LogP contribution >= 0.6 is 11.6 Å². The zero-order valence-corrected chi connectivity index (χ0v) is 11.5. The molecule has 0 spiro atoms. The van der Waals surface area contributed by atoms with E-state index in [-0.39, 0.29) is 19.0 Å². The third kappa shape index (κ3) is 5.72. The monoisotopic (exact) mass is 284 g/mol. The zero-order chi connectivity index (χ0) is 14.3. The highest BCUT2D eigenvalue weighted by Gasteiger charge is 2.12. The first-order valence-corrected chi connectivity index (χ1v) is 6.35. The summed E-state index contributed by atoms with van der Waals surface area (Å²) in [5.74, 6) is -1.16. The molecule has 5 nitrogen and oxygen atoms in total. The second-order valence-corrected chi connectivity index (χ2v) is 4.47. The molecule has 104 valence electrons. The smallest absolute Gasteiger partial charge is 0.317 e. The number of rotatable bonds is 7. The van der Waals surface area contributed by atoms with Gasteiger partial charge in [0.1, 0.15) is 0 Å². The fourth-order valence-corrected chi connectivity index (χ4v) is 1.77. The molecule has 0 aliphatic carbocycles. The van der Waals surface area contributed by atoms with Gasteiger partial charge in [-0.2, -0.15) is 0 Å². The molecule has 1 rings (SSSR count). The van der Waals surface area contributed by atoms with Crippen LogP contribution in [0, 0.1) is 0 Å². The maximum Gasteiger partial charge on any atom is 0.317 e. The van der Waals surface area contributed by atoms with Gasteiger partial charge in [0, 0.05) is 11.6 Å². The fourth-order valence-electron chi connectivity index (χ4n) is 1.57. The molecule has 1 amide bonds. The van der Waals surface area contributed by atoms with E-state index in [1.807, 2.05) is 25.1 Å². The van der Waals surface area contributed by atoms with Crippen LogP contribution in [0.15, 0.2) is 24.3 Å². The van der Waals surface area contributed by atoms with Gasteiger partial charge in [-0.15, -0.1) is 0 Å². The van der Waals surface area contributed by atoms with Crippen molar-refractivity contribution in [3.05, 3.63) is 34.9 Å². The summed E-state index contributed by atoms with van der Waals surface area (Å²) in [6.45, 7) is 2.57. The van der Waals surface area contributed by atoms with Gasteiger partial charge < -0.3 is 10.4 Å². The molecule has 0 saturated heterocycles. The molecule has 0 aliphatic rings. The van der Waals surface area contributed by atoms with Gasteiger partial charge in [-0.3, -0.25) is 14.5 Å². The number of carbonyl (C=O) groups is 2. The van der Waals surface area contributed by atoms with Crippen LogP contribution in [0.25, 0.3) is 0 Å². The Morgan fingerprint density at radius 2 is 2.00 bits per heavy atom. The standard InChI is InChI=1S/C13H17ClN2O3/c1-2-16(9-13(18)19)8-12(17)15-7-10-5-3-4-6-11(10)14/h3-6H,2,7-9H2,1H3,(H,15,17)(H,18,19). The molecule has 0 radical (unpaired) electrons. The van der Waals surface area contributed by atoms with E-state index >= 15 is 0 Å². The summed E-state index contributed by atoms with van der Waals surface area (Å²) in [5, 5.41) is 12.0. The lowest BCUT2D eigenvalue weighted by Crippen LogP contribution is -2.39. The lowest BCUT2D eigenvalue weighted by atomic mass is 10.2. The number of aliphatic carboxylic acids is 1. The first-order chi connectivity index (χ1) is 9.02. The molecular formula is C13H17ClN2O3. The molecule has 0 unspecified atom stereocenters. The van der Waals surface area contributed by atoms with Crippen LogP contribution in [0.2, 0.25) is 5.02 Å². The molecule has 0 saturated carbocycles. The lowest BCUT2D eigenvalue weighted by molar-refractivity contribution is -0.138. The van der Waals surface area contributed by atoms with Crippen LogP contribution in [0.1, 0.15) is 12.5 Å². The van der Waals surface area contributed by atoms with E-state index in [0.29, 0.717) is 18.1 Å². The Kier molecular flexibility index (Phi) is 6.32. The number of carboxylic acids is 1. The SMILES string of the molecule is CCN(CC(=O)O)CC(=O)NCc1ccccc1Cl. The maximum absolute atomic E-state index is 11.7. The summed E-state index contributed by atoms with van der Waals surface area (Å²) in [6.07, 6.45) is 0. The predicted molar refractivity (Wildman–Crippen MR) is 73.0 cm³/mol. The highest BCUT2D eigenvalue weighted by molar-refractivity contribution is 6.31. The van der Waals surface area contributed by atoms with Crippen LogP contribution in [-0.4, -0.2) is 41.5 Å². The molecule has 6 heteroatoms. The van der Waals surface area contributed by atoms with Gasteiger partial charge in [0.25, 0.3) is 0 Å². The molecule has 0 bridgehead atoms. The first-order valence-electron chi connectivity index (χ1n) is 5.97. The number of carboxylic acid groups (broad SMARTS) is 1. The van der Waals surface area contributed by atoms with E-state index in [1.54, 1.807) is 11.0 Å². The molecule has 0 heterocycles. The Labute approximate surface area is 117 Å². The van der Waals surface area contributed by atoms with E-state index in [4.69, 9.17) is 16.7 Å². The van der Waals surface area contributed by atoms with Crippen molar-refractivity contribution in [2.45, 2.75) is 13.5 Å². The maximum atomic E-state index is 11.7. The van der Waals surface area contributed by atoms with Gasteiger partial charge in [-0.05, 0) is 18.2 Å². The number of carbonyl (C=O) groups excluding carboxylic acids is 1. The topological polar surface area (TPSA) is 69.6 Å². The Morgan fingerprint density at radius 3 is 2.58 bits per heavy atom. The van der Waals surface area contributed by atoms with Gasteiger partial charge in [0.05, 0.1) is 13.1 Å². The van der Waals surface area contributed by atoms with Crippen LogP contribution in [-0.2, 0) is 16.1 Å². The largest absolute Gasteiger partial charge is 0.480 e. The predicted octanol–water partition coefficient (Wildman–Crippen LogP) is 1.36. The number of hydrogen-bond acceptors (Lipinski definition) is 3. The van der Waals surface area contributed by atoms with Crippen molar-refractivity contribution in [1.82, 2.24) is 10.2 Å². The molecule has 2 N–H and O–H groups in total. The number of halogens is 1. The Hall–Kier alpha value is -1.59. The number of nitrogens with one attached hydrogen (secondary N) is 1. The summed E-state index contributed by atoms with van der Waals surface area (Å²) in [6, 6.07) is 7.25. The van der Waals surface area contributed by atoms with E-state index < -0.39 is 5.97 Å². The highest BCUT2D eigenvalue weighted by atomic mass is 35.5. The minimum Gasteiger partial charge on any atom is -0.480 e. The van der Waals surface area contributed by atoms with Crippen LogP contribution in [0.5, 0.6) is 0 Å². The average Bonchev–Trinajstić information content (AvgIpc) is 2.36. The van der Waals surface area contributed by atoms with Gasteiger partial charge >= 0.3 is 5.97 Å². The minimum absolute atomic E-state index is 0.0628. The van der Waals surface area contributed by atoms with E-state index in [1.165, 1.54) is 0 Å². The Bertz CT molecular complexity index is 451. The fraction of sp³-hybridized carbons (Fsp3) is 0.385. The molecule has 1 aromatic rings. The van der Waals surface area contributed by atoms with E-state index in [9.17, 15) is 9.59 Å². The van der Waals surface area contributed by atoms with Crippen LogP contribution in [0.4, 0.5) is 0 Å². The number of benzene rings is 1. The van der Waals surface area contributed by atoms with Crippen molar-refractivity contribution >= 4 is 23.5 Å². The van der Waals surface area contributed by atoms with Crippen molar-refractivity contribution in [2.75, 3.05) is 19.6 Å². The average molecular weight is 285 g/mol. The van der Waals surface area contributed by atoms with Crippen molar-refractivity contribution in [3.8, 4) is 0 Å². The van der Waals surface area contributed by atoms with Gasteiger partial charge in [-0.1, -0.05) is 36.7 Å². The van der Waals surface area contributed by atoms with Crippen molar-refractivity contribution in [2.24, 2.45) is 0 Å². The second kappa shape index (κ2) is 7.76. The molecular weight excluding hydrogens is 268 g/mol. The molecule has 1 aromatic carbocycles. The molecule has 0 fully saturated rings. The number of nitrogens with zero attached hydrogens (tertiary/aromatic N) is 1. The quantitative estimate of drug-likeness (QED) is 0.793. The van der Waals surface area contributed by atoms with Crippen molar-refractivity contribution in [3.63, 3.8) is 0 Å². The van der Waals surface area contributed by atoms with E-state index in [2.05, 4.69) is 5.32 Å². The molecule has 0 aliphatic heterocycles. The van der Waals surface area contributed by atoms with Crippen molar-refractivity contribution in [1.29, 1.82) is 0 Å². The Balaban J connectivity index is 2.43. The molecule has 19 heavy (non-hydrogen) atoms. The normalized spacial score (nSPS) is 10.5. The summed E-state index contributed by atoms with van der Waals surface area (Å²) >= 11 is 5.97. The van der Waals surface area contributed by atoms with Gasteiger partial charge in [-0.25, -0.2) is 0 Å².